The van der Waals surface area contributed by atoms with Crippen molar-refractivity contribution in [2.24, 2.45) is 0 Å². The van der Waals surface area contributed by atoms with Crippen LogP contribution >= 0.6 is 7.37 Å². The first kappa shape index (κ1) is 19.9. The summed E-state index contributed by atoms with van der Waals surface area (Å²) in [5.41, 5.74) is 2.59. The molecular formula is C23H23O4P. The molecule has 1 atom stereocenters. The normalized spacial score (nSPS) is 12.9. The minimum atomic E-state index is -3.88. The van der Waals surface area contributed by atoms with E-state index >= 15 is 0 Å². The summed E-state index contributed by atoms with van der Waals surface area (Å²) in [6.07, 6.45) is 0. The van der Waals surface area contributed by atoms with Gasteiger partial charge in [0, 0.05) is 5.56 Å². The zero-order valence-corrected chi connectivity index (χ0v) is 17.3. The van der Waals surface area contributed by atoms with Crippen LogP contribution in [0.25, 0.3) is 0 Å². The highest BCUT2D eigenvalue weighted by Crippen LogP contribution is 2.50. The number of ether oxygens (including phenoxy) is 1. The van der Waals surface area contributed by atoms with E-state index in [4.69, 9.17) is 9.26 Å². The first-order valence-electron chi connectivity index (χ1n) is 8.97. The lowest BCUT2D eigenvalue weighted by molar-refractivity contribution is 0.106. The van der Waals surface area contributed by atoms with Gasteiger partial charge in [-0.3, -0.25) is 9.36 Å². The molecule has 0 N–H and O–H groups in total. The zero-order valence-electron chi connectivity index (χ0n) is 16.4. The topological polar surface area (TPSA) is 52.6 Å². The van der Waals surface area contributed by atoms with Gasteiger partial charge < -0.3 is 9.26 Å². The fraction of sp³-hybridized carbons (Fsp3) is 0.174. The molecule has 4 nitrogen and oxygen atoms in total. The number of benzene rings is 3. The van der Waals surface area contributed by atoms with Crippen LogP contribution in [0.1, 0.15) is 27.0 Å². The maximum atomic E-state index is 14.0. The second-order valence-electron chi connectivity index (χ2n) is 6.73. The van der Waals surface area contributed by atoms with Crippen molar-refractivity contribution < 1.29 is 18.6 Å². The first-order valence-corrected chi connectivity index (χ1v) is 10.6. The molecule has 0 saturated heterocycles. The summed E-state index contributed by atoms with van der Waals surface area (Å²) in [5, 5.41) is 0.371. The van der Waals surface area contributed by atoms with Crippen LogP contribution in [0, 0.1) is 20.8 Å². The number of hydrogen-bond donors (Lipinski definition) is 0. The summed E-state index contributed by atoms with van der Waals surface area (Å²) in [6, 6.07) is 19.2. The average molecular weight is 394 g/mol. The Labute approximate surface area is 165 Å². The van der Waals surface area contributed by atoms with Crippen LogP contribution in [0.3, 0.4) is 0 Å². The van der Waals surface area contributed by atoms with Gasteiger partial charge in [0.05, 0.1) is 12.4 Å². The van der Waals surface area contributed by atoms with Gasteiger partial charge in [0.15, 0.2) is 0 Å². The predicted octanol–water partition coefficient (Wildman–Crippen LogP) is 5.44. The lowest BCUT2D eigenvalue weighted by Gasteiger charge is -2.21. The Kier molecular flexibility index (Phi) is 5.71. The fourth-order valence-electron chi connectivity index (χ4n) is 3.29. The van der Waals surface area contributed by atoms with E-state index in [0.29, 0.717) is 22.4 Å². The van der Waals surface area contributed by atoms with Crippen molar-refractivity contribution in [3.8, 4) is 11.5 Å². The number of carbonyl (C=O) groups is 1. The lowest BCUT2D eigenvalue weighted by atomic mass is 10.0. The standard InChI is InChI=1S/C23H23O4P/c1-16-14-17(2)22(18(3)15-16)23(24)28(25,21-8-6-5-7-9-21)27-20-12-10-19(26-4)11-13-20/h5-15H,1-4H3. The van der Waals surface area contributed by atoms with Crippen LogP contribution in [0.2, 0.25) is 0 Å². The molecule has 0 aromatic heterocycles. The third-order valence-electron chi connectivity index (χ3n) is 4.55. The van der Waals surface area contributed by atoms with E-state index in [1.807, 2.05) is 39.0 Å². The first-order chi connectivity index (χ1) is 13.3. The van der Waals surface area contributed by atoms with Gasteiger partial charge in [-0.05, 0) is 68.3 Å². The third-order valence-corrected chi connectivity index (χ3v) is 6.75. The summed E-state index contributed by atoms with van der Waals surface area (Å²) in [7, 11) is -2.31. The SMILES string of the molecule is COc1ccc(OP(=O)(C(=O)c2c(C)cc(C)cc2C)c2ccccc2)cc1. The van der Waals surface area contributed by atoms with Crippen molar-refractivity contribution in [2.45, 2.75) is 20.8 Å². The van der Waals surface area contributed by atoms with E-state index < -0.39 is 12.9 Å². The Morgan fingerprint density at radius 2 is 1.36 bits per heavy atom. The Morgan fingerprint density at radius 1 is 0.821 bits per heavy atom. The van der Waals surface area contributed by atoms with E-state index in [1.54, 1.807) is 55.6 Å². The van der Waals surface area contributed by atoms with Crippen LogP contribution in [0.15, 0.2) is 66.7 Å². The predicted molar refractivity (Wildman–Crippen MR) is 112 cm³/mol. The van der Waals surface area contributed by atoms with Crippen LogP contribution in [0.4, 0.5) is 0 Å². The van der Waals surface area contributed by atoms with E-state index in [9.17, 15) is 9.36 Å². The molecule has 0 bridgehead atoms. The molecule has 3 rings (SSSR count). The molecule has 5 heteroatoms. The number of carbonyl (C=O) groups excluding carboxylic acids is 1. The monoisotopic (exact) mass is 394 g/mol. The zero-order chi connectivity index (χ0) is 20.3. The molecule has 0 aliphatic heterocycles. The average Bonchev–Trinajstić information content (AvgIpc) is 2.68. The Bertz CT molecular complexity index is 1020. The molecule has 3 aromatic carbocycles. The summed E-state index contributed by atoms with van der Waals surface area (Å²) < 4.78 is 25.1. The van der Waals surface area contributed by atoms with Gasteiger partial charge in [-0.15, -0.1) is 0 Å². The van der Waals surface area contributed by atoms with Crippen molar-refractivity contribution in [2.75, 3.05) is 7.11 Å². The van der Waals surface area contributed by atoms with Crippen molar-refractivity contribution in [1.82, 2.24) is 0 Å². The molecule has 0 radical (unpaired) electrons. The lowest BCUT2D eigenvalue weighted by Crippen LogP contribution is -2.19. The van der Waals surface area contributed by atoms with Crippen molar-refractivity contribution in [3.63, 3.8) is 0 Å². The van der Waals surface area contributed by atoms with Gasteiger partial charge in [-0.1, -0.05) is 35.9 Å². The summed E-state index contributed by atoms with van der Waals surface area (Å²) in [5.74, 6) is 1.00. The van der Waals surface area contributed by atoms with E-state index in [1.165, 1.54) is 0 Å². The van der Waals surface area contributed by atoms with Crippen molar-refractivity contribution in [1.29, 1.82) is 0 Å². The Morgan fingerprint density at radius 3 is 1.89 bits per heavy atom. The van der Waals surface area contributed by atoms with E-state index in [2.05, 4.69) is 0 Å². The second kappa shape index (κ2) is 8.04. The molecule has 0 aliphatic rings. The van der Waals surface area contributed by atoms with Crippen LogP contribution in [-0.2, 0) is 4.57 Å². The highest BCUT2D eigenvalue weighted by molar-refractivity contribution is 7.83. The molecule has 0 heterocycles. The van der Waals surface area contributed by atoms with Crippen LogP contribution < -0.4 is 14.6 Å². The molecule has 0 amide bonds. The smallest absolute Gasteiger partial charge is 0.346 e. The van der Waals surface area contributed by atoms with Gasteiger partial charge >= 0.3 is 7.37 Å². The second-order valence-corrected chi connectivity index (χ2v) is 8.94. The molecule has 3 aromatic rings. The van der Waals surface area contributed by atoms with E-state index in [0.717, 1.165) is 16.7 Å². The number of aryl methyl sites for hydroxylation is 3. The molecule has 0 saturated carbocycles. The fourth-order valence-corrected chi connectivity index (χ4v) is 5.34. The van der Waals surface area contributed by atoms with Crippen LogP contribution in [-0.4, -0.2) is 12.6 Å². The number of hydrogen-bond acceptors (Lipinski definition) is 4. The number of rotatable bonds is 6. The maximum Gasteiger partial charge on any atom is 0.346 e. The summed E-state index contributed by atoms with van der Waals surface area (Å²) in [4.78, 5) is 13.5. The highest BCUT2D eigenvalue weighted by atomic mass is 31.2. The Hall–Kier alpha value is -2.84. The molecule has 0 aliphatic carbocycles. The largest absolute Gasteiger partial charge is 0.497 e. The van der Waals surface area contributed by atoms with Gasteiger partial charge in [0.2, 0.25) is 0 Å². The van der Waals surface area contributed by atoms with Crippen LogP contribution in [0.5, 0.6) is 11.5 Å². The summed E-state index contributed by atoms with van der Waals surface area (Å²) >= 11 is 0. The van der Waals surface area contributed by atoms with Crippen molar-refractivity contribution >= 4 is 18.2 Å². The molecule has 0 fully saturated rings. The maximum absolute atomic E-state index is 14.0. The van der Waals surface area contributed by atoms with E-state index in [-0.39, 0.29) is 0 Å². The highest BCUT2D eigenvalue weighted by Gasteiger charge is 2.39. The van der Waals surface area contributed by atoms with Gasteiger partial charge in [-0.25, -0.2) is 0 Å². The van der Waals surface area contributed by atoms with Gasteiger partial charge in [-0.2, -0.15) is 0 Å². The third kappa shape index (κ3) is 3.88. The quantitative estimate of drug-likeness (QED) is 0.522. The molecule has 0 spiro atoms. The minimum absolute atomic E-state index is 0.351. The number of methoxy groups -OCH3 is 1. The molecule has 1 unspecified atom stereocenters. The van der Waals surface area contributed by atoms with Crippen molar-refractivity contribution in [3.05, 3.63) is 89.0 Å². The molecule has 144 valence electrons. The summed E-state index contributed by atoms with van der Waals surface area (Å²) in [6.45, 7) is 5.69. The van der Waals surface area contributed by atoms with Gasteiger partial charge in [0.25, 0.3) is 5.52 Å². The minimum Gasteiger partial charge on any atom is -0.497 e. The van der Waals surface area contributed by atoms with Gasteiger partial charge in [0.1, 0.15) is 11.5 Å². The molecular weight excluding hydrogens is 371 g/mol. The Balaban J connectivity index is 2.11. The molecule has 28 heavy (non-hydrogen) atoms.